The van der Waals surface area contributed by atoms with Crippen molar-refractivity contribution in [2.45, 2.75) is 18.8 Å². The number of nitrogens with zero attached hydrogens (tertiary/aromatic N) is 3. The first-order chi connectivity index (χ1) is 13.5. The standard InChI is InChI=1S/C21H21ClFN3O2/c1-25-18-7-3-2-6-17(18)24-21(25)14-5-4-10-26(12-14)20(27)13-28-19-9-8-15(23)11-16(19)22/h2-3,6-9,11,14H,4-5,10,12-13H2,1H3. The zero-order chi connectivity index (χ0) is 19.7. The molecule has 1 amide bonds. The van der Waals surface area contributed by atoms with E-state index in [1.807, 2.05) is 30.1 Å². The Morgan fingerprint density at radius 2 is 2.14 bits per heavy atom. The fourth-order valence-corrected chi connectivity index (χ4v) is 3.99. The van der Waals surface area contributed by atoms with Gasteiger partial charge in [0.1, 0.15) is 17.4 Å². The number of amides is 1. The number of carbonyl (C=O) groups is 1. The van der Waals surface area contributed by atoms with Gasteiger partial charge >= 0.3 is 0 Å². The Balaban J connectivity index is 1.44. The maximum atomic E-state index is 13.1. The highest BCUT2D eigenvalue weighted by atomic mass is 35.5. The number of hydrogen-bond acceptors (Lipinski definition) is 3. The molecule has 0 saturated carbocycles. The molecule has 1 fully saturated rings. The lowest BCUT2D eigenvalue weighted by Crippen LogP contribution is -2.42. The van der Waals surface area contributed by atoms with Crippen LogP contribution in [-0.4, -0.2) is 40.1 Å². The minimum atomic E-state index is -0.440. The van der Waals surface area contributed by atoms with Crippen molar-refractivity contribution >= 4 is 28.5 Å². The molecule has 1 saturated heterocycles. The number of carbonyl (C=O) groups excluding carboxylic acids is 1. The van der Waals surface area contributed by atoms with E-state index in [-0.39, 0.29) is 23.5 Å². The normalized spacial score (nSPS) is 17.1. The summed E-state index contributed by atoms with van der Waals surface area (Å²) >= 11 is 5.96. The second-order valence-corrected chi connectivity index (χ2v) is 7.47. The number of piperidine rings is 1. The summed E-state index contributed by atoms with van der Waals surface area (Å²) < 4.78 is 20.8. The van der Waals surface area contributed by atoms with Crippen LogP contribution in [0.25, 0.3) is 11.0 Å². The fraction of sp³-hybridized carbons (Fsp3) is 0.333. The number of hydrogen-bond donors (Lipinski definition) is 0. The summed E-state index contributed by atoms with van der Waals surface area (Å²) in [4.78, 5) is 19.2. The van der Waals surface area contributed by atoms with Crippen LogP contribution in [0, 0.1) is 5.82 Å². The molecule has 7 heteroatoms. The topological polar surface area (TPSA) is 47.4 Å². The van der Waals surface area contributed by atoms with E-state index in [2.05, 4.69) is 10.6 Å². The minimum Gasteiger partial charge on any atom is -0.482 e. The van der Waals surface area contributed by atoms with E-state index >= 15 is 0 Å². The Morgan fingerprint density at radius 1 is 1.32 bits per heavy atom. The van der Waals surface area contributed by atoms with Crippen molar-refractivity contribution in [1.29, 1.82) is 0 Å². The predicted molar refractivity (Wildman–Crippen MR) is 106 cm³/mol. The average Bonchev–Trinajstić information content (AvgIpc) is 3.04. The number of rotatable bonds is 4. The van der Waals surface area contributed by atoms with Crippen molar-refractivity contribution in [3.63, 3.8) is 0 Å². The number of fused-ring (bicyclic) bond motifs is 1. The van der Waals surface area contributed by atoms with Crippen LogP contribution in [0.15, 0.2) is 42.5 Å². The first-order valence-corrected chi connectivity index (χ1v) is 9.67. The van der Waals surface area contributed by atoms with Gasteiger partial charge in [0, 0.05) is 26.1 Å². The number of imidazole rings is 1. The molecular weight excluding hydrogens is 381 g/mol. The molecule has 2 aromatic carbocycles. The highest BCUT2D eigenvalue weighted by Crippen LogP contribution is 2.29. The second kappa shape index (κ2) is 7.80. The van der Waals surface area contributed by atoms with Gasteiger partial charge in [0.25, 0.3) is 5.91 Å². The first-order valence-electron chi connectivity index (χ1n) is 9.30. The van der Waals surface area contributed by atoms with Crippen LogP contribution < -0.4 is 4.74 Å². The molecule has 1 aliphatic heterocycles. The Labute approximate surface area is 167 Å². The quantitative estimate of drug-likeness (QED) is 0.659. The highest BCUT2D eigenvalue weighted by Gasteiger charge is 2.28. The minimum absolute atomic E-state index is 0.108. The number of para-hydroxylation sites is 2. The molecule has 2 heterocycles. The third-order valence-electron chi connectivity index (χ3n) is 5.21. The third kappa shape index (κ3) is 3.69. The molecular formula is C21H21ClFN3O2. The molecule has 0 spiro atoms. The SMILES string of the molecule is Cn1c(C2CCCN(C(=O)COc3ccc(F)cc3Cl)C2)nc2ccccc21. The number of aromatic nitrogens is 2. The van der Waals surface area contributed by atoms with Crippen molar-refractivity contribution in [2.24, 2.45) is 7.05 Å². The van der Waals surface area contributed by atoms with E-state index in [4.69, 9.17) is 21.3 Å². The van der Waals surface area contributed by atoms with Gasteiger partial charge < -0.3 is 14.2 Å². The number of benzene rings is 2. The summed E-state index contributed by atoms with van der Waals surface area (Å²) in [5.74, 6) is 0.944. The van der Waals surface area contributed by atoms with Crippen molar-refractivity contribution < 1.29 is 13.9 Å². The summed E-state index contributed by atoms with van der Waals surface area (Å²) in [6.45, 7) is 1.18. The van der Waals surface area contributed by atoms with Crippen molar-refractivity contribution in [3.05, 3.63) is 59.1 Å². The van der Waals surface area contributed by atoms with Gasteiger partial charge in [-0.1, -0.05) is 23.7 Å². The predicted octanol–water partition coefficient (Wildman–Crippen LogP) is 4.15. The van der Waals surface area contributed by atoms with Gasteiger partial charge in [0.05, 0.1) is 16.1 Å². The third-order valence-corrected chi connectivity index (χ3v) is 5.50. The summed E-state index contributed by atoms with van der Waals surface area (Å²) in [7, 11) is 2.02. The van der Waals surface area contributed by atoms with Gasteiger partial charge in [-0.05, 0) is 43.2 Å². The summed E-state index contributed by atoms with van der Waals surface area (Å²) in [5, 5.41) is 0.157. The van der Waals surface area contributed by atoms with Crippen LogP contribution in [0.4, 0.5) is 4.39 Å². The molecule has 3 aromatic rings. The second-order valence-electron chi connectivity index (χ2n) is 7.06. The van der Waals surface area contributed by atoms with Crippen LogP contribution in [0.1, 0.15) is 24.6 Å². The molecule has 5 nitrogen and oxygen atoms in total. The van der Waals surface area contributed by atoms with Gasteiger partial charge in [-0.2, -0.15) is 0 Å². The lowest BCUT2D eigenvalue weighted by molar-refractivity contribution is -0.134. The summed E-state index contributed by atoms with van der Waals surface area (Å²) in [6.07, 6.45) is 1.91. The lowest BCUT2D eigenvalue weighted by atomic mass is 9.97. The monoisotopic (exact) mass is 401 g/mol. The number of halogens is 2. The fourth-order valence-electron chi connectivity index (χ4n) is 3.77. The average molecular weight is 402 g/mol. The van der Waals surface area contributed by atoms with E-state index in [0.717, 1.165) is 29.7 Å². The molecule has 1 aromatic heterocycles. The smallest absolute Gasteiger partial charge is 0.260 e. The van der Waals surface area contributed by atoms with E-state index in [0.29, 0.717) is 18.8 Å². The molecule has 0 radical (unpaired) electrons. The van der Waals surface area contributed by atoms with Crippen molar-refractivity contribution in [2.75, 3.05) is 19.7 Å². The van der Waals surface area contributed by atoms with Crippen LogP contribution in [-0.2, 0) is 11.8 Å². The zero-order valence-corrected chi connectivity index (χ0v) is 16.3. The van der Waals surface area contributed by atoms with E-state index in [1.54, 1.807) is 0 Å². The molecule has 1 atom stereocenters. The molecule has 4 rings (SSSR count). The molecule has 28 heavy (non-hydrogen) atoms. The Kier molecular flexibility index (Phi) is 5.22. The van der Waals surface area contributed by atoms with Gasteiger partial charge in [-0.3, -0.25) is 4.79 Å². The Morgan fingerprint density at radius 3 is 2.93 bits per heavy atom. The van der Waals surface area contributed by atoms with Crippen molar-refractivity contribution in [1.82, 2.24) is 14.5 Å². The van der Waals surface area contributed by atoms with Gasteiger partial charge in [-0.25, -0.2) is 9.37 Å². The summed E-state index contributed by atoms with van der Waals surface area (Å²) in [6, 6.07) is 11.9. The maximum absolute atomic E-state index is 13.1. The Bertz CT molecular complexity index is 1020. The van der Waals surface area contributed by atoms with Gasteiger partial charge in [-0.15, -0.1) is 0 Å². The molecule has 0 aliphatic carbocycles. The highest BCUT2D eigenvalue weighted by molar-refractivity contribution is 6.32. The molecule has 0 N–H and O–H groups in total. The van der Waals surface area contributed by atoms with Crippen LogP contribution in [0.3, 0.4) is 0 Å². The van der Waals surface area contributed by atoms with Crippen molar-refractivity contribution in [3.8, 4) is 5.75 Å². The van der Waals surface area contributed by atoms with Crippen LogP contribution >= 0.6 is 11.6 Å². The number of aryl methyl sites for hydroxylation is 1. The van der Waals surface area contributed by atoms with Gasteiger partial charge in [0.2, 0.25) is 0 Å². The number of ether oxygens (including phenoxy) is 1. The molecule has 0 bridgehead atoms. The molecule has 1 unspecified atom stereocenters. The first kappa shape index (κ1) is 18.7. The maximum Gasteiger partial charge on any atom is 0.260 e. The van der Waals surface area contributed by atoms with E-state index in [9.17, 15) is 9.18 Å². The molecule has 1 aliphatic rings. The van der Waals surface area contributed by atoms with Gasteiger partial charge in [0.15, 0.2) is 6.61 Å². The summed E-state index contributed by atoms with van der Waals surface area (Å²) in [5.41, 5.74) is 2.06. The van der Waals surface area contributed by atoms with E-state index < -0.39 is 5.82 Å². The van der Waals surface area contributed by atoms with E-state index in [1.165, 1.54) is 18.2 Å². The zero-order valence-electron chi connectivity index (χ0n) is 15.6. The lowest BCUT2D eigenvalue weighted by Gasteiger charge is -2.32. The molecule has 146 valence electrons. The Hall–Kier alpha value is -2.60. The number of likely N-dealkylation sites (tertiary alicyclic amines) is 1. The van der Waals surface area contributed by atoms with Crippen LogP contribution in [0.5, 0.6) is 5.75 Å². The largest absolute Gasteiger partial charge is 0.482 e. The van der Waals surface area contributed by atoms with Crippen LogP contribution in [0.2, 0.25) is 5.02 Å².